The number of likely N-dealkylation sites (N-methyl/N-ethyl adjacent to an activating group) is 1. The van der Waals surface area contributed by atoms with Crippen LogP contribution in [0.25, 0.3) is 0 Å². The van der Waals surface area contributed by atoms with Crippen LogP contribution in [-0.4, -0.2) is 58.3 Å². The molecule has 0 aromatic heterocycles. The molecule has 0 bridgehead atoms. The first-order valence-corrected chi connectivity index (χ1v) is 18.3. The lowest BCUT2D eigenvalue weighted by Crippen LogP contribution is -2.39. The number of nitrogens with two attached hydrogens (primary N) is 1. The zero-order valence-electron chi connectivity index (χ0n) is 30.3. The second-order valence-electron chi connectivity index (χ2n) is 13.8. The summed E-state index contributed by atoms with van der Waals surface area (Å²) < 4.78 is 13.0. The van der Waals surface area contributed by atoms with Gasteiger partial charge >= 0.3 is 0 Å². The molecule has 1 aliphatic rings. The van der Waals surface area contributed by atoms with E-state index in [0.717, 1.165) is 47.9 Å². The Hall–Kier alpha value is -4.78. The van der Waals surface area contributed by atoms with E-state index < -0.39 is 12.4 Å². The van der Waals surface area contributed by atoms with Crippen LogP contribution in [0, 0.1) is 0 Å². The highest BCUT2D eigenvalue weighted by atomic mass is 16.7. The number of nitrogen functional groups attached to an aromatic ring is 1. The van der Waals surface area contributed by atoms with Crippen LogP contribution in [0.5, 0.6) is 5.75 Å². The zero-order valence-corrected chi connectivity index (χ0v) is 30.3. The van der Waals surface area contributed by atoms with E-state index in [4.69, 9.17) is 15.2 Å². The van der Waals surface area contributed by atoms with Crippen LogP contribution in [0.3, 0.4) is 0 Å². The Bertz CT molecular complexity index is 1750. The number of nitrogens with zero attached hydrogens (tertiary/aromatic N) is 1. The number of aromatic hydroxyl groups is 1. The van der Waals surface area contributed by atoms with Gasteiger partial charge in [0, 0.05) is 44.5 Å². The number of anilines is 2. The molecule has 0 aliphatic carbocycles. The molecular weight excluding hydrogens is 672 g/mol. The number of carbonyl (C=O) groups excluding carboxylic acids is 2. The Morgan fingerprint density at radius 2 is 1.53 bits per heavy atom. The van der Waals surface area contributed by atoms with Crippen LogP contribution in [0.1, 0.15) is 91.3 Å². The third-order valence-corrected chi connectivity index (χ3v) is 9.40. The van der Waals surface area contributed by atoms with Crippen molar-refractivity contribution < 1.29 is 34.4 Å². The third kappa shape index (κ3) is 12.4. The van der Waals surface area contributed by atoms with Crippen molar-refractivity contribution in [3.8, 4) is 5.75 Å². The summed E-state index contributed by atoms with van der Waals surface area (Å²) in [6, 6.07) is 29.4. The summed E-state index contributed by atoms with van der Waals surface area (Å²) in [7, 11) is 1.93. The van der Waals surface area contributed by atoms with Crippen molar-refractivity contribution >= 4 is 23.2 Å². The molecule has 0 unspecified atom stereocenters. The van der Waals surface area contributed by atoms with E-state index in [-0.39, 0.29) is 36.4 Å². The van der Waals surface area contributed by atoms with E-state index in [1.807, 2.05) is 72.6 Å². The molecule has 1 aliphatic heterocycles. The Kier molecular flexibility index (Phi) is 14.8. The Morgan fingerprint density at radius 1 is 0.849 bits per heavy atom. The highest BCUT2D eigenvalue weighted by molar-refractivity contribution is 5.93. The van der Waals surface area contributed by atoms with Crippen LogP contribution in [0.4, 0.5) is 11.4 Å². The van der Waals surface area contributed by atoms with Crippen molar-refractivity contribution in [1.82, 2.24) is 10.2 Å². The van der Waals surface area contributed by atoms with Crippen LogP contribution >= 0.6 is 0 Å². The van der Waals surface area contributed by atoms with Crippen molar-refractivity contribution in [1.29, 1.82) is 0 Å². The van der Waals surface area contributed by atoms with Gasteiger partial charge in [-0.2, -0.15) is 0 Å². The van der Waals surface area contributed by atoms with Crippen molar-refractivity contribution in [3.05, 3.63) is 125 Å². The number of hydrogen-bond acceptors (Lipinski definition) is 9. The monoisotopic (exact) mass is 724 g/mol. The van der Waals surface area contributed by atoms with Crippen LogP contribution in [0.2, 0.25) is 0 Å². The quantitative estimate of drug-likeness (QED) is 0.0512. The smallest absolute Gasteiger partial charge is 0.224 e. The summed E-state index contributed by atoms with van der Waals surface area (Å²) >= 11 is 0. The molecule has 0 spiro atoms. The summed E-state index contributed by atoms with van der Waals surface area (Å²) in [4.78, 5) is 26.7. The number of ether oxygens (including phenoxy) is 2. The standard InChI is InChI=1S/C42H52N4O7/c1-46(27-38(49)33-9-8-10-34(48)23-33)26-35-24-39(31-19-17-30(28-47)18-20-31)53-42(52-35)32-21-15-29(16-22-32)25-44-40(50)13-4-2-3-5-14-41(51)45-37-12-7-6-11-36(37)43/h6-12,15-23,35,38-39,42,47-49H,2-5,13-14,24-28,43H2,1H3,(H,44,50)(H,45,51)/t35-,38+,39+,42+/m0/s1. The predicted octanol–water partition coefficient (Wildman–Crippen LogP) is 6.27. The first kappa shape index (κ1) is 39.4. The summed E-state index contributed by atoms with van der Waals surface area (Å²) in [6.45, 7) is 1.27. The van der Waals surface area contributed by atoms with Crippen LogP contribution < -0.4 is 16.4 Å². The van der Waals surface area contributed by atoms with Gasteiger partial charge in [-0.3, -0.25) is 9.59 Å². The predicted molar refractivity (Wildman–Crippen MR) is 204 cm³/mol. The summed E-state index contributed by atoms with van der Waals surface area (Å²) in [5.74, 6) is 0.0370. The molecule has 1 saturated heterocycles. The molecule has 0 saturated carbocycles. The number of phenolic OH excluding ortho intramolecular Hbond substituents is 1. The maximum Gasteiger partial charge on any atom is 0.224 e. The molecule has 282 valence electrons. The lowest BCUT2D eigenvalue weighted by Gasteiger charge is -2.38. The van der Waals surface area contributed by atoms with Crippen molar-refractivity contribution in [2.45, 2.75) is 82.7 Å². The van der Waals surface area contributed by atoms with Crippen molar-refractivity contribution in [2.75, 3.05) is 31.2 Å². The number of unbranched alkanes of at least 4 members (excludes halogenated alkanes) is 3. The number of rotatable bonds is 18. The molecule has 1 fully saturated rings. The second-order valence-corrected chi connectivity index (χ2v) is 13.8. The highest BCUT2D eigenvalue weighted by Gasteiger charge is 2.33. The Labute approximate surface area is 311 Å². The largest absolute Gasteiger partial charge is 0.508 e. The molecule has 4 atom stereocenters. The molecule has 7 N–H and O–H groups in total. The molecule has 2 amide bonds. The molecule has 4 aromatic carbocycles. The summed E-state index contributed by atoms with van der Waals surface area (Å²) in [5, 5.41) is 36.0. The van der Waals surface area contributed by atoms with Gasteiger partial charge in [-0.25, -0.2) is 0 Å². The number of benzene rings is 4. The Balaban J connectivity index is 1.08. The first-order valence-electron chi connectivity index (χ1n) is 18.3. The average molecular weight is 725 g/mol. The number of carbonyl (C=O) groups is 2. The van der Waals surface area contributed by atoms with Gasteiger partial charge in [-0.05, 0) is 66.4 Å². The molecule has 11 heteroatoms. The van der Waals surface area contributed by atoms with Gasteiger partial charge in [0.15, 0.2) is 6.29 Å². The molecule has 11 nitrogen and oxygen atoms in total. The van der Waals surface area contributed by atoms with Gasteiger partial charge in [-0.15, -0.1) is 0 Å². The number of phenols is 1. The van der Waals surface area contributed by atoms with Gasteiger partial charge in [0.05, 0.1) is 36.3 Å². The fourth-order valence-electron chi connectivity index (χ4n) is 6.42. The SMILES string of the molecule is CN(C[C@@H]1C[C@H](c2ccc(CO)cc2)O[C@H](c2ccc(CNC(=O)CCCCCCC(=O)Nc3ccccc3N)cc2)O1)C[C@@H](O)c1cccc(O)c1. The fraction of sp³-hybridized carbons (Fsp3) is 0.381. The van der Waals surface area contributed by atoms with Crippen LogP contribution in [-0.2, 0) is 32.2 Å². The number of nitrogens with one attached hydrogen (secondary N) is 2. The number of para-hydroxylation sites is 2. The van der Waals surface area contributed by atoms with E-state index in [1.54, 1.807) is 36.4 Å². The van der Waals surface area contributed by atoms with Gasteiger partial charge < -0.3 is 46.1 Å². The molecule has 1 heterocycles. The van der Waals surface area contributed by atoms with Gasteiger partial charge in [0.25, 0.3) is 0 Å². The topological polar surface area (TPSA) is 167 Å². The summed E-state index contributed by atoms with van der Waals surface area (Å²) in [6.07, 6.45) is 2.81. The second kappa shape index (κ2) is 19.9. The van der Waals surface area contributed by atoms with Gasteiger partial charge in [0.2, 0.25) is 11.8 Å². The fourth-order valence-corrected chi connectivity index (χ4v) is 6.42. The van der Waals surface area contributed by atoms with Crippen LogP contribution in [0.15, 0.2) is 97.1 Å². The van der Waals surface area contributed by atoms with Crippen molar-refractivity contribution in [2.24, 2.45) is 0 Å². The number of amides is 2. The average Bonchev–Trinajstić information content (AvgIpc) is 3.16. The van der Waals surface area contributed by atoms with Gasteiger partial charge in [-0.1, -0.05) is 85.6 Å². The third-order valence-electron chi connectivity index (χ3n) is 9.40. The number of hydrogen-bond donors (Lipinski definition) is 6. The highest BCUT2D eigenvalue weighted by Crippen LogP contribution is 2.38. The molecule has 4 aromatic rings. The van der Waals surface area contributed by atoms with E-state index in [2.05, 4.69) is 10.6 Å². The lowest BCUT2D eigenvalue weighted by atomic mass is 9.99. The van der Waals surface area contributed by atoms with Gasteiger partial charge in [0.1, 0.15) is 5.75 Å². The molecule has 53 heavy (non-hydrogen) atoms. The van der Waals surface area contributed by atoms with E-state index >= 15 is 0 Å². The normalized spacial score (nSPS) is 17.7. The minimum absolute atomic E-state index is 0.0125. The zero-order chi connectivity index (χ0) is 37.6. The number of aliphatic hydroxyl groups excluding tert-OH is 2. The first-order chi connectivity index (χ1) is 25.7. The maximum atomic E-state index is 12.5. The van der Waals surface area contributed by atoms with Crippen molar-refractivity contribution in [3.63, 3.8) is 0 Å². The molecule has 0 radical (unpaired) electrons. The summed E-state index contributed by atoms with van der Waals surface area (Å²) in [5.41, 5.74) is 11.3. The van der Waals surface area contributed by atoms with E-state index in [9.17, 15) is 24.9 Å². The van der Waals surface area contributed by atoms with E-state index in [0.29, 0.717) is 55.8 Å². The minimum atomic E-state index is -0.774. The molecular formula is C42H52N4O7. The minimum Gasteiger partial charge on any atom is -0.508 e. The maximum absolute atomic E-state index is 12.5. The van der Waals surface area contributed by atoms with E-state index in [1.165, 1.54) is 0 Å². The lowest BCUT2D eigenvalue weighted by molar-refractivity contribution is -0.252. The Morgan fingerprint density at radius 3 is 2.23 bits per heavy atom. The number of aliphatic hydroxyl groups is 2. The molecule has 5 rings (SSSR count).